The van der Waals surface area contributed by atoms with Crippen LogP contribution in [0.1, 0.15) is 33.3 Å². The first kappa shape index (κ1) is 21.3. The van der Waals surface area contributed by atoms with E-state index < -0.39 is 10.0 Å². The number of carbonyl (C=O) groups is 1. The van der Waals surface area contributed by atoms with Gasteiger partial charge in [-0.15, -0.1) is 0 Å². The van der Waals surface area contributed by atoms with Gasteiger partial charge in [0.05, 0.1) is 11.9 Å². The molecule has 0 aromatic heterocycles. The number of hydrogen-bond acceptors (Lipinski definition) is 4. The SMILES string of the molecule is CCN(CC)C(=O)CN(c1ccc(N(CC)CC)cc1C)S(C)(=O)=O. The van der Waals surface area contributed by atoms with Crippen molar-refractivity contribution in [1.29, 1.82) is 0 Å². The number of nitrogens with zero attached hydrogens (tertiary/aromatic N) is 3. The van der Waals surface area contributed by atoms with E-state index in [-0.39, 0.29) is 12.5 Å². The Bertz CT molecular complexity index is 681. The van der Waals surface area contributed by atoms with E-state index >= 15 is 0 Å². The van der Waals surface area contributed by atoms with Crippen LogP contribution in [0, 0.1) is 6.92 Å². The third-order valence-electron chi connectivity index (χ3n) is 4.37. The van der Waals surface area contributed by atoms with Crippen molar-refractivity contribution in [2.45, 2.75) is 34.6 Å². The zero-order valence-electron chi connectivity index (χ0n) is 16.2. The standard InChI is InChI=1S/C18H31N3O3S/c1-7-19(8-2)16-11-12-17(15(5)13-16)21(25(6,23)24)14-18(22)20(9-3)10-4/h11-13H,7-10,14H2,1-6H3. The third-order valence-corrected chi connectivity index (χ3v) is 5.50. The molecule has 0 saturated heterocycles. The number of aryl methyl sites for hydroxylation is 1. The molecule has 1 aromatic rings. The maximum absolute atomic E-state index is 12.4. The van der Waals surface area contributed by atoms with E-state index in [4.69, 9.17) is 0 Å². The summed E-state index contributed by atoms with van der Waals surface area (Å²) in [4.78, 5) is 16.3. The van der Waals surface area contributed by atoms with Crippen molar-refractivity contribution >= 4 is 27.3 Å². The first-order chi connectivity index (χ1) is 11.7. The second kappa shape index (κ2) is 9.08. The number of sulfonamides is 1. The molecule has 0 unspecified atom stereocenters. The van der Waals surface area contributed by atoms with Gasteiger partial charge < -0.3 is 9.80 Å². The first-order valence-electron chi connectivity index (χ1n) is 8.80. The number of anilines is 2. The highest BCUT2D eigenvalue weighted by Crippen LogP contribution is 2.27. The fraction of sp³-hybridized carbons (Fsp3) is 0.611. The van der Waals surface area contributed by atoms with Crippen LogP contribution in [0.15, 0.2) is 18.2 Å². The minimum absolute atomic E-state index is 0.175. The van der Waals surface area contributed by atoms with Gasteiger partial charge in [0.1, 0.15) is 6.54 Å². The lowest BCUT2D eigenvalue weighted by Gasteiger charge is -2.28. The molecular formula is C18H31N3O3S. The number of carbonyl (C=O) groups excluding carboxylic acids is 1. The molecular weight excluding hydrogens is 338 g/mol. The molecule has 1 rings (SSSR count). The van der Waals surface area contributed by atoms with Crippen LogP contribution in [0.5, 0.6) is 0 Å². The lowest BCUT2D eigenvalue weighted by molar-refractivity contribution is -0.129. The Morgan fingerprint density at radius 1 is 1.00 bits per heavy atom. The van der Waals surface area contributed by atoms with Crippen molar-refractivity contribution < 1.29 is 13.2 Å². The molecule has 142 valence electrons. The third kappa shape index (κ3) is 5.36. The Morgan fingerprint density at radius 2 is 1.56 bits per heavy atom. The van der Waals surface area contributed by atoms with Crippen LogP contribution in [-0.4, -0.2) is 58.2 Å². The highest BCUT2D eigenvalue weighted by Gasteiger charge is 2.24. The van der Waals surface area contributed by atoms with Gasteiger partial charge in [-0.3, -0.25) is 9.10 Å². The Hall–Kier alpha value is -1.76. The van der Waals surface area contributed by atoms with Gasteiger partial charge >= 0.3 is 0 Å². The van der Waals surface area contributed by atoms with E-state index in [1.54, 1.807) is 11.0 Å². The van der Waals surface area contributed by atoms with Crippen molar-refractivity contribution in [3.63, 3.8) is 0 Å². The fourth-order valence-corrected chi connectivity index (χ4v) is 3.79. The van der Waals surface area contributed by atoms with E-state index in [9.17, 15) is 13.2 Å². The van der Waals surface area contributed by atoms with Crippen molar-refractivity contribution in [3.05, 3.63) is 23.8 Å². The van der Waals surface area contributed by atoms with Crippen LogP contribution in [0.2, 0.25) is 0 Å². The molecule has 1 amide bonds. The average molecular weight is 370 g/mol. The number of rotatable bonds is 9. The molecule has 6 nitrogen and oxygen atoms in total. The van der Waals surface area contributed by atoms with Gasteiger partial charge in [0.25, 0.3) is 0 Å². The summed E-state index contributed by atoms with van der Waals surface area (Å²) in [7, 11) is -3.56. The first-order valence-corrected chi connectivity index (χ1v) is 10.6. The van der Waals surface area contributed by atoms with Crippen LogP contribution in [0.3, 0.4) is 0 Å². The zero-order chi connectivity index (χ0) is 19.2. The van der Waals surface area contributed by atoms with Gasteiger partial charge in [-0.1, -0.05) is 0 Å². The van der Waals surface area contributed by atoms with Crippen LogP contribution >= 0.6 is 0 Å². The molecule has 1 aromatic carbocycles. The Labute approximate surface area is 152 Å². The Kier molecular flexibility index (Phi) is 7.73. The molecule has 0 atom stereocenters. The molecule has 0 N–H and O–H groups in total. The molecule has 0 spiro atoms. The van der Waals surface area contributed by atoms with Gasteiger partial charge in [0, 0.05) is 31.9 Å². The Morgan fingerprint density at radius 3 is 1.96 bits per heavy atom. The second-order valence-electron chi connectivity index (χ2n) is 5.98. The topological polar surface area (TPSA) is 60.9 Å². The summed E-state index contributed by atoms with van der Waals surface area (Å²) in [6.07, 6.45) is 1.14. The molecule has 0 aliphatic carbocycles. The van der Waals surface area contributed by atoms with Crippen LogP contribution in [0.25, 0.3) is 0 Å². The van der Waals surface area contributed by atoms with Crippen LogP contribution in [-0.2, 0) is 14.8 Å². The second-order valence-corrected chi connectivity index (χ2v) is 7.89. The fourth-order valence-electron chi connectivity index (χ4n) is 2.89. The van der Waals surface area contributed by atoms with Gasteiger partial charge in [0.15, 0.2) is 0 Å². The summed E-state index contributed by atoms with van der Waals surface area (Å²) in [5.41, 5.74) is 2.44. The van der Waals surface area contributed by atoms with Gasteiger partial charge in [0.2, 0.25) is 15.9 Å². The average Bonchev–Trinajstić information content (AvgIpc) is 2.54. The number of amides is 1. The molecule has 0 fully saturated rings. The number of benzene rings is 1. The molecule has 0 radical (unpaired) electrons. The predicted octanol–water partition coefficient (Wildman–Crippen LogP) is 2.48. The highest BCUT2D eigenvalue weighted by molar-refractivity contribution is 7.92. The van der Waals surface area contributed by atoms with Crippen molar-refractivity contribution in [1.82, 2.24) is 4.90 Å². The zero-order valence-corrected chi connectivity index (χ0v) is 17.1. The van der Waals surface area contributed by atoms with E-state index in [0.717, 1.165) is 30.6 Å². The smallest absolute Gasteiger partial charge is 0.243 e. The quantitative estimate of drug-likeness (QED) is 0.671. The maximum Gasteiger partial charge on any atom is 0.243 e. The summed E-state index contributed by atoms with van der Waals surface area (Å²) in [6, 6.07) is 5.68. The lowest BCUT2D eigenvalue weighted by Crippen LogP contribution is -2.42. The summed E-state index contributed by atoms with van der Waals surface area (Å²) in [5, 5.41) is 0. The minimum Gasteiger partial charge on any atom is -0.372 e. The molecule has 7 heteroatoms. The van der Waals surface area contributed by atoms with E-state index in [1.807, 2.05) is 32.9 Å². The van der Waals surface area contributed by atoms with Crippen molar-refractivity contribution in [2.75, 3.05) is 48.2 Å². The summed E-state index contributed by atoms with van der Waals surface area (Å²) in [5.74, 6) is -0.192. The van der Waals surface area contributed by atoms with Gasteiger partial charge in [-0.25, -0.2) is 8.42 Å². The summed E-state index contributed by atoms with van der Waals surface area (Å²) < 4.78 is 25.8. The molecule has 0 bridgehead atoms. The number of likely N-dealkylation sites (N-methyl/N-ethyl adjacent to an activating group) is 1. The normalized spacial score (nSPS) is 11.3. The molecule has 0 heterocycles. The summed E-state index contributed by atoms with van der Waals surface area (Å²) in [6.45, 7) is 12.5. The van der Waals surface area contributed by atoms with Crippen molar-refractivity contribution in [2.24, 2.45) is 0 Å². The van der Waals surface area contributed by atoms with E-state index in [0.29, 0.717) is 18.8 Å². The van der Waals surface area contributed by atoms with Crippen molar-refractivity contribution in [3.8, 4) is 0 Å². The largest absolute Gasteiger partial charge is 0.372 e. The molecule has 0 aliphatic rings. The predicted molar refractivity (Wildman–Crippen MR) is 105 cm³/mol. The van der Waals surface area contributed by atoms with E-state index in [1.165, 1.54) is 4.31 Å². The monoisotopic (exact) mass is 369 g/mol. The van der Waals surface area contributed by atoms with Gasteiger partial charge in [-0.05, 0) is 58.4 Å². The lowest BCUT2D eigenvalue weighted by atomic mass is 10.1. The van der Waals surface area contributed by atoms with E-state index in [2.05, 4.69) is 18.7 Å². The van der Waals surface area contributed by atoms with Gasteiger partial charge in [-0.2, -0.15) is 0 Å². The maximum atomic E-state index is 12.4. The molecule has 25 heavy (non-hydrogen) atoms. The molecule has 0 saturated carbocycles. The summed E-state index contributed by atoms with van der Waals surface area (Å²) >= 11 is 0. The Balaban J connectivity index is 3.23. The molecule has 0 aliphatic heterocycles. The van der Waals surface area contributed by atoms with Crippen LogP contribution in [0.4, 0.5) is 11.4 Å². The minimum atomic E-state index is -3.56. The van der Waals surface area contributed by atoms with Crippen LogP contribution < -0.4 is 9.21 Å². The highest BCUT2D eigenvalue weighted by atomic mass is 32.2. The number of hydrogen-bond donors (Lipinski definition) is 0.